The predicted molar refractivity (Wildman–Crippen MR) is 143 cm³/mol. The zero-order chi connectivity index (χ0) is 29.5. The first-order chi connectivity index (χ1) is 19.6. The fourth-order valence-corrected chi connectivity index (χ4v) is 2.62. The number of benzene rings is 1. The summed E-state index contributed by atoms with van der Waals surface area (Å²) in [6.07, 6.45) is 2.70. The second-order valence-electron chi connectivity index (χ2n) is 7.67. The molecule has 0 fully saturated rings. The van der Waals surface area contributed by atoms with Gasteiger partial charge in [-0.25, -0.2) is 13.2 Å². The van der Waals surface area contributed by atoms with Gasteiger partial charge in [0.25, 0.3) is 0 Å². The Labute approximate surface area is 235 Å². The highest BCUT2D eigenvalue weighted by Crippen LogP contribution is 2.21. The van der Waals surface area contributed by atoms with Gasteiger partial charge in [0.15, 0.2) is 17.4 Å². The van der Waals surface area contributed by atoms with E-state index in [9.17, 15) is 13.2 Å². The third-order valence-electron chi connectivity index (χ3n) is 4.50. The molecule has 0 aliphatic heterocycles. The number of methoxy groups -OCH3 is 1. The average Bonchev–Trinajstić information content (AvgIpc) is 2.93. The molecule has 0 aliphatic rings. The van der Waals surface area contributed by atoms with E-state index in [1.807, 2.05) is 6.08 Å². The molecular formula is C27H46F3NO9. The Morgan fingerprint density at radius 3 is 1.15 bits per heavy atom. The molecule has 0 bridgehead atoms. The lowest BCUT2D eigenvalue weighted by Crippen LogP contribution is -2.15. The maximum Gasteiger partial charge on any atom is 0.190 e. The van der Waals surface area contributed by atoms with Crippen molar-refractivity contribution in [1.29, 1.82) is 0 Å². The lowest BCUT2D eigenvalue weighted by atomic mass is 10.3. The summed E-state index contributed by atoms with van der Waals surface area (Å²) in [4.78, 5) is 0. The smallest absolute Gasteiger partial charge is 0.190 e. The summed E-state index contributed by atoms with van der Waals surface area (Å²) >= 11 is 0. The number of rotatable bonds is 27. The molecule has 2 N–H and O–H groups in total. The Kier molecular flexibility index (Phi) is 28.8. The van der Waals surface area contributed by atoms with Crippen LogP contribution in [0, 0.1) is 17.5 Å². The normalized spacial score (nSPS) is 10.8. The van der Waals surface area contributed by atoms with Crippen molar-refractivity contribution in [2.75, 3.05) is 119 Å². The second kappa shape index (κ2) is 30.2. The minimum absolute atomic E-state index is 0.533. The van der Waals surface area contributed by atoms with Crippen LogP contribution in [0.25, 0.3) is 0 Å². The Hall–Kier alpha value is -1.81. The zero-order valence-electron chi connectivity index (χ0n) is 23.6. The Bertz CT molecular complexity index is 682. The molecular weight excluding hydrogens is 539 g/mol. The quantitative estimate of drug-likeness (QED) is 0.122. The minimum atomic E-state index is -1.04. The zero-order valence-corrected chi connectivity index (χ0v) is 23.6. The third-order valence-corrected chi connectivity index (χ3v) is 4.50. The van der Waals surface area contributed by atoms with Gasteiger partial charge in [-0.1, -0.05) is 6.08 Å². The van der Waals surface area contributed by atoms with E-state index < -0.39 is 23.2 Å². The first kappa shape index (κ1) is 38.2. The molecule has 0 heterocycles. The van der Waals surface area contributed by atoms with Crippen molar-refractivity contribution in [2.45, 2.75) is 6.42 Å². The van der Waals surface area contributed by atoms with Crippen molar-refractivity contribution in [3.8, 4) is 5.75 Å². The molecule has 0 radical (unpaired) electrons. The molecule has 0 aliphatic carbocycles. The van der Waals surface area contributed by atoms with Gasteiger partial charge >= 0.3 is 0 Å². The molecule has 0 saturated heterocycles. The van der Waals surface area contributed by atoms with Crippen LogP contribution >= 0.6 is 0 Å². The van der Waals surface area contributed by atoms with Gasteiger partial charge in [-0.05, 0) is 6.42 Å². The highest BCUT2D eigenvalue weighted by Gasteiger charge is 2.10. The molecule has 0 aromatic heterocycles. The maximum atomic E-state index is 12.5. The number of hydrogen-bond acceptors (Lipinski definition) is 10. The highest BCUT2D eigenvalue weighted by molar-refractivity contribution is 5.26. The predicted octanol–water partition coefficient (Wildman–Crippen LogP) is 2.77. The van der Waals surface area contributed by atoms with Crippen molar-refractivity contribution >= 4 is 0 Å². The van der Waals surface area contributed by atoms with Crippen LogP contribution in [0.1, 0.15) is 6.42 Å². The summed E-state index contributed by atoms with van der Waals surface area (Å²) in [6, 6.07) is 1.11. The van der Waals surface area contributed by atoms with Crippen LogP contribution in [0.5, 0.6) is 5.75 Å². The van der Waals surface area contributed by atoms with Gasteiger partial charge < -0.3 is 48.4 Å². The van der Waals surface area contributed by atoms with Crippen LogP contribution in [-0.2, 0) is 37.9 Å². The summed E-state index contributed by atoms with van der Waals surface area (Å²) in [5, 5.41) is 0. The van der Waals surface area contributed by atoms with Crippen molar-refractivity contribution in [3.63, 3.8) is 0 Å². The third kappa shape index (κ3) is 25.2. The molecule has 13 heteroatoms. The molecule has 0 unspecified atom stereocenters. The number of hydrogen-bond donors (Lipinski definition) is 1. The molecule has 10 nitrogen and oxygen atoms in total. The first-order valence-corrected chi connectivity index (χ1v) is 13.2. The van der Waals surface area contributed by atoms with Gasteiger partial charge in [-0.3, -0.25) is 0 Å². The van der Waals surface area contributed by atoms with E-state index in [2.05, 4.69) is 11.3 Å². The molecule has 1 aromatic rings. The van der Waals surface area contributed by atoms with E-state index in [0.29, 0.717) is 124 Å². The molecule has 0 atom stereocenters. The van der Waals surface area contributed by atoms with Gasteiger partial charge in [0.05, 0.1) is 113 Å². The summed E-state index contributed by atoms with van der Waals surface area (Å²) in [7, 11) is 1.11. The van der Waals surface area contributed by atoms with Crippen LogP contribution in [0.3, 0.4) is 0 Å². The van der Waals surface area contributed by atoms with Gasteiger partial charge in [-0.15, -0.1) is 6.58 Å². The Balaban J connectivity index is 0.00000114. The fourth-order valence-electron chi connectivity index (χ4n) is 2.62. The molecule has 0 saturated carbocycles. The molecule has 1 aromatic carbocycles. The van der Waals surface area contributed by atoms with Crippen LogP contribution in [-0.4, -0.2) is 119 Å². The van der Waals surface area contributed by atoms with Crippen molar-refractivity contribution in [2.24, 2.45) is 5.73 Å². The lowest BCUT2D eigenvalue weighted by Gasteiger charge is -2.08. The number of ether oxygens (including phenoxy) is 9. The summed E-state index contributed by atoms with van der Waals surface area (Å²) < 4.78 is 84.4. The van der Waals surface area contributed by atoms with Crippen LogP contribution in [0.2, 0.25) is 0 Å². The van der Waals surface area contributed by atoms with Crippen molar-refractivity contribution in [1.82, 2.24) is 0 Å². The van der Waals surface area contributed by atoms with E-state index in [-0.39, 0.29) is 0 Å². The SMILES string of the molecule is C=CCCOCCOCCOCCOCCOCCOCCOCCOCCN.COc1c(F)cc(F)cc1F. The molecule has 40 heavy (non-hydrogen) atoms. The van der Waals surface area contributed by atoms with Crippen molar-refractivity contribution in [3.05, 3.63) is 42.2 Å². The monoisotopic (exact) mass is 585 g/mol. The van der Waals surface area contributed by atoms with E-state index in [4.69, 9.17) is 43.6 Å². The average molecular weight is 586 g/mol. The minimum Gasteiger partial charge on any atom is -0.491 e. The Morgan fingerprint density at radius 2 is 0.875 bits per heavy atom. The standard InChI is InChI=1S/C20H41NO8.C7H5F3O/c1-2-3-5-22-7-9-24-11-13-26-15-17-28-19-20-29-18-16-27-14-12-25-10-8-23-6-4-21;1-11-7-5(9)2-4(8)3-6(7)10/h2H,1,3-21H2;2-3H,1H3. The van der Waals surface area contributed by atoms with Crippen LogP contribution in [0.4, 0.5) is 13.2 Å². The lowest BCUT2D eigenvalue weighted by molar-refractivity contribution is -0.0228. The maximum absolute atomic E-state index is 12.5. The molecule has 234 valence electrons. The van der Waals surface area contributed by atoms with Gasteiger partial charge in [0, 0.05) is 18.7 Å². The summed E-state index contributed by atoms with van der Waals surface area (Å²) in [5.74, 6) is -3.60. The second-order valence-corrected chi connectivity index (χ2v) is 7.67. The topological polar surface area (TPSA) is 109 Å². The Morgan fingerprint density at radius 1 is 0.575 bits per heavy atom. The van der Waals surface area contributed by atoms with Gasteiger partial charge in [0.2, 0.25) is 0 Å². The summed E-state index contributed by atoms with van der Waals surface area (Å²) in [5.41, 5.74) is 5.31. The summed E-state index contributed by atoms with van der Waals surface area (Å²) in [6.45, 7) is 13.1. The number of nitrogens with two attached hydrogens (primary N) is 1. The van der Waals surface area contributed by atoms with Gasteiger partial charge in [0.1, 0.15) is 5.82 Å². The van der Waals surface area contributed by atoms with E-state index >= 15 is 0 Å². The van der Waals surface area contributed by atoms with E-state index in [0.717, 1.165) is 13.5 Å². The fraction of sp³-hybridized carbons (Fsp3) is 0.704. The van der Waals surface area contributed by atoms with Gasteiger partial charge in [-0.2, -0.15) is 0 Å². The molecule has 0 amide bonds. The molecule has 1 rings (SSSR count). The van der Waals surface area contributed by atoms with Crippen LogP contribution in [0.15, 0.2) is 24.8 Å². The number of halogens is 3. The largest absolute Gasteiger partial charge is 0.491 e. The van der Waals surface area contributed by atoms with E-state index in [1.54, 1.807) is 0 Å². The van der Waals surface area contributed by atoms with Crippen molar-refractivity contribution < 1.29 is 55.8 Å². The highest BCUT2D eigenvalue weighted by atomic mass is 19.1. The molecule has 0 spiro atoms. The van der Waals surface area contributed by atoms with E-state index in [1.165, 1.54) is 0 Å². The first-order valence-electron chi connectivity index (χ1n) is 13.2. The van der Waals surface area contributed by atoms with Crippen LogP contribution < -0.4 is 10.5 Å².